The monoisotopic (exact) mass is 522 g/mol. The molecule has 1 saturated heterocycles. The van der Waals surface area contributed by atoms with Crippen LogP contribution in [0.1, 0.15) is 22.3 Å². The molecule has 1 N–H and O–H groups in total. The van der Waals surface area contributed by atoms with Crippen LogP contribution in [0.4, 0.5) is 14.9 Å². The number of carbonyl (C=O) groups is 3. The lowest BCUT2D eigenvalue weighted by molar-refractivity contribution is -0.122. The lowest BCUT2D eigenvalue weighted by Gasteiger charge is -2.27. The number of imide groups is 2. The van der Waals surface area contributed by atoms with Crippen molar-refractivity contribution in [2.45, 2.75) is 20.5 Å². The number of urea groups is 1. The van der Waals surface area contributed by atoms with Crippen molar-refractivity contribution in [1.82, 2.24) is 5.32 Å². The van der Waals surface area contributed by atoms with E-state index < -0.39 is 17.8 Å². The van der Waals surface area contributed by atoms with Gasteiger partial charge >= 0.3 is 6.03 Å². The van der Waals surface area contributed by atoms with Crippen LogP contribution in [0.2, 0.25) is 0 Å². The fraction of sp³-hybridized carbons (Fsp3) is 0.115. The molecule has 34 heavy (non-hydrogen) atoms. The highest BCUT2D eigenvalue weighted by Gasteiger charge is 2.37. The van der Waals surface area contributed by atoms with E-state index in [2.05, 4.69) is 21.2 Å². The predicted molar refractivity (Wildman–Crippen MR) is 130 cm³/mol. The second-order valence-electron chi connectivity index (χ2n) is 7.85. The molecule has 1 aliphatic rings. The summed E-state index contributed by atoms with van der Waals surface area (Å²) in [6.07, 6.45) is 1.43. The van der Waals surface area contributed by atoms with Gasteiger partial charge in [0.1, 0.15) is 23.7 Å². The third kappa shape index (κ3) is 4.92. The van der Waals surface area contributed by atoms with Gasteiger partial charge < -0.3 is 4.74 Å². The Labute approximate surface area is 204 Å². The zero-order valence-electron chi connectivity index (χ0n) is 18.4. The number of anilines is 1. The largest absolute Gasteiger partial charge is 0.488 e. The standard InChI is InChI=1S/C26H20BrFN2O4/c1-15-3-9-22(16(2)11-15)30-25(32)20(24(31)29-26(30)33)12-18-6-10-23(21(27)13-18)34-14-17-4-7-19(28)8-5-17/h3-13H,14H2,1-2H3,(H,29,31,33)/b20-12+. The minimum absolute atomic E-state index is 0.161. The SMILES string of the molecule is Cc1ccc(N2C(=O)NC(=O)/C(=C\c3ccc(OCc4ccc(F)cc4)c(Br)c3)C2=O)c(C)c1. The number of barbiturate groups is 1. The Balaban J connectivity index is 1.57. The summed E-state index contributed by atoms with van der Waals surface area (Å²) in [4.78, 5) is 39.0. The van der Waals surface area contributed by atoms with E-state index in [1.165, 1.54) is 18.2 Å². The van der Waals surface area contributed by atoms with Gasteiger partial charge in [-0.1, -0.05) is 35.9 Å². The Morgan fingerprint density at radius 3 is 2.41 bits per heavy atom. The van der Waals surface area contributed by atoms with E-state index in [0.717, 1.165) is 21.6 Å². The lowest BCUT2D eigenvalue weighted by Crippen LogP contribution is -2.54. The van der Waals surface area contributed by atoms with Gasteiger partial charge in [0.05, 0.1) is 10.2 Å². The van der Waals surface area contributed by atoms with E-state index >= 15 is 0 Å². The molecule has 1 fully saturated rings. The molecule has 1 aliphatic heterocycles. The molecule has 0 aliphatic carbocycles. The lowest BCUT2D eigenvalue weighted by atomic mass is 10.0. The van der Waals surface area contributed by atoms with Gasteiger partial charge in [0, 0.05) is 0 Å². The fourth-order valence-corrected chi connectivity index (χ4v) is 4.08. The van der Waals surface area contributed by atoms with Crippen LogP contribution in [-0.2, 0) is 16.2 Å². The second kappa shape index (κ2) is 9.61. The van der Waals surface area contributed by atoms with E-state index in [-0.39, 0.29) is 18.0 Å². The van der Waals surface area contributed by atoms with Crippen LogP contribution < -0.4 is 15.0 Å². The predicted octanol–water partition coefficient (Wildman–Crippen LogP) is 5.45. The van der Waals surface area contributed by atoms with Gasteiger partial charge in [0.2, 0.25) is 0 Å². The number of rotatable bonds is 5. The molecule has 0 radical (unpaired) electrons. The minimum Gasteiger partial charge on any atom is -0.488 e. The first kappa shape index (κ1) is 23.4. The van der Waals surface area contributed by atoms with Gasteiger partial charge in [0.25, 0.3) is 11.8 Å². The van der Waals surface area contributed by atoms with Crippen LogP contribution in [0, 0.1) is 19.7 Å². The molecule has 0 saturated carbocycles. The van der Waals surface area contributed by atoms with Crippen LogP contribution >= 0.6 is 15.9 Å². The molecule has 4 rings (SSSR count). The van der Waals surface area contributed by atoms with Crippen molar-refractivity contribution in [3.05, 3.63) is 98.8 Å². The summed E-state index contributed by atoms with van der Waals surface area (Å²) in [5.41, 5.74) is 3.35. The molecule has 0 bridgehead atoms. The Morgan fingerprint density at radius 1 is 1.00 bits per heavy atom. The van der Waals surface area contributed by atoms with Gasteiger partial charge in [-0.2, -0.15) is 0 Å². The molecular formula is C26H20BrFN2O4. The Hall–Kier alpha value is -3.78. The van der Waals surface area contributed by atoms with E-state index in [0.29, 0.717) is 21.5 Å². The molecule has 6 nitrogen and oxygen atoms in total. The van der Waals surface area contributed by atoms with Crippen molar-refractivity contribution in [3.63, 3.8) is 0 Å². The molecule has 172 valence electrons. The molecular weight excluding hydrogens is 503 g/mol. The number of benzene rings is 3. The minimum atomic E-state index is -0.787. The molecule has 0 unspecified atom stereocenters. The molecule has 4 amide bonds. The normalized spacial score (nSPS) is 15.0. The number of ether oxygens (including phenoxy) is 1. The average Bonchev–Trinajstić information content (AvgIpc) is 2.78. The van der Waals surface area contributed by atoms with Crippen LogP contribution in [-0.4, -0.2) is 17.8 Å². The summed E-state index contributed by atoms with van der Waals surface area (Å²) in [5, 5.41) is 2.23. The summed E-state index contributed by atoms with van der Waals surface area (Å²) < 4.78 is 19.4. The number of hydrogen-bond acceptors (Lipinski definition) is 4. The topological polar surface area (TPSA) is 75.7 Å². The molecule has 0 spiro atoms. The summed E-state index contributed by atoms with van der Waals surface area (Å²) >= 11 is 3.44. The van der Waals surface area contributed by atoms with Gasteiger partial charge in [-0.3, -0.25) is 14.9 Å². The summed E-state index contributed by atoms with van der Waals surface area (Å²) in [6.45, 7) is 3.95. The Morgan fingerprint density at radius 2 is 1.74 bits per heavy atom. The Bertz CT molecular complexity index is 1340. The number of hydrogen-bond donors (Lipinski definition) is 1. The van der Waals surface area contributed by atoms with Crippen LogP contribution in [0.15, 0.2) is 70.7 Å². The maximum Gasteiger partial charge on any atom is 0.335 e. The second-order valence-corrected chi connectivity index (χ2v) is 8.71. The third-order valence-electron chi connectivity index (χ3n) is 5.27. The van der Waals surface area contributed by atoms with E-state index in [4.69, 9.17) is 4.74 Å². The van der Waals surface area contributed by atoms with Crippen molar-refractivity contribution >= 4 is 45.5 Å². The summed E-state index contributed by atoms with van der Waals surface area (Å²) in [6, 6.07) is 15.6. The van der Waals surface area contributed by atoms with E-state index in [1.807, 2.05) is 13.0 Å². The van der Waals surface area contributed by atoms with Gasteiger partial charge in [0.15, 0.2) is 0 Å². The number of nitrogens with one attached hydrogen (secondary N) is 1. The molecule has 0 aromatic heterocycles. The molecule has 0 atom stereocenters. The summed E-state index contributed by atoms with van der Waals surface area (Å²) in [7, 11) is 0. The van der Waals surface area contributed by atoms with Crippen molar-refractivity contribution in [3.8, 4) is 5.75 Å². The number of carbonyl (C=O) groups excluding carboxylic acids is 3. The number of aryl methyl sites for hydroxylation is 2. The van der Waals surface area contributed by atoms with Gasteiger partial charge in [-0.25, -0.2) is 14.1 Å². The Kier molecular flexibility index (Phi) is 6.61. The smallest absolute Gasteiger partial charge is 0.335 e. The number of nitrogens with zero attached hydrogens (tertiary/aromatic N) is 1. The van der Waals surface area contributed by atoms with Crippen molar-refractivity contribution < 1.29 is 23.5 Å². The number of halogens is 2. The van der Waals surface area contributed by atoms with Crippen molar-refractivity contribution in [2.75, 3.05) is 4.90 Å². The number of amides is 4. The summed E-state index contributed by atoms with van der Waals surface area (Å²) in [5.74, 6) is -1.24. The maximum absolute atomic E-state index is 13.1. The molecule has 1 heterocycles. The van der Waals surface area contributed by atoms with Crippen molar-refractivity contribution in [2.24, 2.45) is 0 Å². The molecule has 8 heteroatoms. The van der Waals surface area contributed by atoms with Gasteiger partial charge in [-0.15, -0.1) is 0 Å². The first-order valence-corrected chi connectivity index (χ1v) is 11.2. The highest BCUT2D eigenvalue weighted by molar-refractivity contribution is 9.10. The van der Waals surface area contributed by atoms with E-state index in [1.54, 1.807) is 49.4 Å². The van der Waals surface area contributed by atoms with Gasteiger partial charge in [-0.05, 0) is 82.9 Å². The third-order valence-corrected chi connectivity index (χ3v) is 5.89. The van der Waals surface area contributed by atoms with Crippen molar-refractivity contribution in [1.29, 1.82) is 0 Å². The van der Waals surface area contributed by atoms with Crippen LogP contribution in [0.5, 0.6) is 5.75 Å². The zero-order valence-corrected chi connectivity index (χ0v) is 20.0. The first-order valence-electron chi connectivity index (χ1n) is 10.4. The zero-order chi connectivity index (χ0) is 24.4. The molecule has 3 aromatic rings. The quantitative estimate of drug-likeness (QED) is 0.357. The fourth-order valence-electron chi connectivity index (χ4n) is 3.56. The molecule has 3 aromatic carbocycles. The highest BCUT2D eigenvalue weighted by atomic mass is 79.9. The van der Waals surface area contributed by atoms with Crippen LogP contribution in [0.25, 0.3) is 6.08 Å². The average molecular weight is 523 g/mol. The van der Waals surface area contributed by atoms with E-state index in [9.17, 15) is 18.8 Å². The van der Waals surface area contributed by atoms with Crippen LogP contribution in [0.3, 0.4) is 0 Å². The highest BCUT2D eigenvalue weighted by Crippen LogP contribution is 2.29. The maximum atomic E-state index is 13.1. The first-order chi connectivity index (χ1) is 16.2.